The van der Waals surface area contributed by atoms with Crippen molar-refractivity contribution in [1.82, 2.24) is 0 Å². The Morgan fingerprint density at radius 1 is 1.00 bits per heavy atom. The monoisotopic (exact) mass is 351 g/mol. The summed E-state index contributed by atoms with van der Waals surface area (Å²) in [5.41, 5.74) is -1.45. The van der Waals surface area contributed by atoms with Crippen LogP contribution in [0.3, 0.4) is 0 Å². The zero-order valence-electron chi connectivity index (χ0n) is 11.6. The third-order valence-electron chi connectivity index (χ3n) is 3.00. The fraction of sp³-hybridized carbons (Fsp3) is 0.143. The van der Waals surface area contributed by atoms with E-state index in [1.807, 2.05) is 4.72 Å². The Hall–Kier alpha value is -2.16. The molecule has 0 saturated heterocycles. The van der Waals surface area contributed by atoms with Gasteiger partial charge in [0.05, 0.1) is 16.1 Å². The van der Waals surface area contributed by atoms with Crippen LogP contribution in [0.5, 0.6) is 0 Å². The second-order valence-corrected chi connectivity index (χ2v) is 6.39. The second kappa shape index (κ2) is 5.80. The summed E-state index contributed by atoms with van der Waals surface area (Å²) in [5, 5.41) is 0. The number of hydrogen-bond acceptors (Lipinski definition) is 2. The molecule has 2 rings (SSSR count). The molecule has 23 heavy (non-hydrogen) atoms. The van der Waals surface area contributed by atoms with Crippen LogP contribution in [0.2, 0.25) is 0 Å². The van der Waals surface area contributed by atoms with E-state index < -0.39 is 38.3 Å². The molecule has 0 unspecified atom stereocenters. The fourth-order valence-electron chi connectivity index (χ4n) is 1.80. The van der Waals surface area contributed by atoms with Gasteiger partial charge in [-0.3, -0.25) is 4.72 Å². The standard InChI is InChI=1S/C14H10F5NO2S/c1-8-2-3-9(15)6-13(8)20-23(21,22)10-4-5-12(16)11(7-10)14(17,18)19/h2-7,20H,1H3. The van der Waals surface area contributed by atoms with Gasteiger partial charge in [-0.25, -0.2) is 17.2 Å². The van der Waals surface area contributed by atoms with Gasteiger partial charge < -0.3 is 0 Å². The summed E-state index contributed by atoms with van der Waals surface area (Å²) in [6.07, 6.45) is -5.04. The van der Waals surface area contributed by atoms with E-state index >= 15 is 0 Å². The predicted molar refractivity (Wildman–Crippen MR) is 73.3 cm³/mol. The highest BCUT2D eigenvalue weighted by molar-refractivity contribution is 7.92. The largest absolute Gasteiger partial charge is 0.419 e. The summed E-state index contributed by atoms with van der Waals surface area (Å²) in [4.78, 5) is -0.783. The molecule has 0 saturated carbocycles. The lowest BCUT2D eigenvalue weighted by Gasteiger charge is -2.13. The number of hydrogen-bond donors (Lipinski definition) is 1. The maximum atomic E-state index is 13.2. The minimum absolute atomic E-state index is 0.122. The van der Waals surface area contributed by atoms with E-state index in [0.717, 1.165) is 12.1 Å². The maximum absolute atomic E-state index is 13.2. The highest BCUT2D eigenvalue weighted by Gasteiger charge is 2.35. The van der Waals surface area contributed by atoms with Crippen molar-refractivity contribution in [2.24, 2.45) is 0 Å². The number of rotatable bonds is 3. The molecule has 0 fully saturated rings. The molecule has 0 aliphatic rings. The molecule has 0 aromatic heterocycles. The summed E-state index contributed by atoms with van der Waals surface area (Å²) in [6.45, 7) is 1.49. The van der Waals surface area contributed by atoms with Crippen molar-refractivity contribution in [3.8, 4) is 0 Å². The molecule has 0 heterocycles. The van der Waals surface area contributed by atoms with Crippen molar-refractivity contribution >= 4 is 15.7 Å². The second-order valence-electron chi connectivity index (χ2n) is 4.70. The van der Waals surface area contributed by atoms with Gasteiger partial charge in [0.15, 0.2) is 0 Å². The first kappa shape index (κ1) is 17.2. The van der Waals surface area contributed by atoms with Gasteiger partial charge in [-0.15, -0.1) is 0 Å². The minimum atomic E-state index is -5.04. The molecular formula is C14H10F5NO2S. The van der Waals surface area contributed by atoms with Gasteiger partial charge in [-0.05, 0) is 42.8 Å². The van der Waals surface area contributed by atoms with Gasteiger partial charge in [0, 0.05) is 0 Å². The van der Waals surface area contributed by atoms with Crippen LogP contribution in [0.25, 0.3) is 0 Å². The smallest absolute Gasteiger partial charge is 0.279 e. The summed E-state index contributed by atoms with van der Waals surface area (Å²) >= 11 is 0. The molecule has 124 valence electrons. The fourth-order valence-corrected chi connectivity index (χ4v) is 2.94. The summed E-state index contributed by atoms with van der Waals surface area (Å²) in [7, 11) is -4.44. The van der Waals surface area contributed by atoms with Crippen LogP contribution in [0, 0.1) is 18.6 Å². The lowest BCUT2D eigenvalue weighted by Crippen LogP contribution is -2.16. The van der Waals surface area contributed by atoms with Gasteiger partial charge in [0.25, 0.3) is 10.0 Å². The van der Waals surface area contributed by atoms with Crippen molar-refractivity contribution in [3.05, 3.63) is 59.2 Å². The van der Waals surface area contributed by atoms with Gasteiger partial charge >= 0.3 is 6.18 Å². The van der Waals surface area contributed by atoms with Crippen LogP contribution in [-0.4, -0.2) is 8.42 Å². The summed E-state index contributed by atoms with van der Waals surface area (Å²) in [5.74, 6) is -2.30. The topological polar surface area (TPSA) is 46.2 Å². The summed E-state index contributed by atoms with van der Waals surface area (Å²) in [6, 6.07) is 4.59. The van der Waals surface area contributed by atoms with Crippen molar-refractivity contribution < 1.29 is 30.4 Å². The Bertz CT molecular complexity index is 847. The summed E-state index contributed by atoms with van der Waals surface area (Å²) < 4.78 is 90.6. The van der Waals surface area contributed by atoms with Gasteiger partial charge in [-0.1, -0.05) is 6.07 Å². The number of nitrogens with one attached hydrogen (secondary N) is 1. The first-order valence-corrected chi connectivity index (χ1v) is 7.65. The molecule has 2 aromatic rings. The number of anilines is 1. The molecular weight excluding hydrogens is 341 g/mol. The lowest BCUT2D eigenvalue weighted by atomic mass is 10.2. The zero-order valence-corrected chi connectivity index (χ0v) is 12.4. The highest BCUT2D eigenvalue weighted by atomic mass is 32.2. The Balaban J connectivity index is 2.46. The van der Waals surface area contributed by atoms with Gasteiger partial charge in [0.1, 0.15) is 11.6 Å². The quantitative estimate of drug-likeness (QED) is 0.847. The van der Waals surface area contributed by atoms with E-state index in [1.165, 1.54) is 13.0 Å². The molecule has 1 N–H and O–H groups in total. The first-order chi connectivity index (χ1) is 10.5. The molecule has 2 aromatic carbocycles. The van der Waals surface area contributed by atoms with E-state index in [-0.39, 0.29) is 11.8 Å². The zero-order chi connectivity index (χ0) is 17.4. The van der Waals surface area contributed by atoms with E-state index in [1.54, 1.807) is 0 Å². The molecule has 0 bridgehead atoms. The molecule has 0 aliphatic carbocycles. The molecule has 3 nitrogen and oxygen atoms in total. The van der Waals surface area contributed by atoms with Gasteiger partial charge in [-0.2, -0.15) is 13.2 Å². The Labute approximate surface area is 128 Å². The van der Waals surface area contributed by atoms with Crippen molar-refractivity contribution in [2.75, 3.05) is 4.72 Å². The van der Waals surface area contributed by atoms with Crippen molar-refractivity contribution in [2.45, 2.75) is 18.0 Å². The van der Waals surface area contributed by atoms with Gasteiger partial charge in [0.2, 0.25) is 0 Å². The van der Waals surface area contributed by atoms with Crippen LogP contribution in [-0.2, 0) is 16.2 Å². The van der Waals surface area contributed by atoms with Crippen LogP contribution >= 0.6 is 0 Å². The Morgan fingerprint density at radius 3 is 2.26 bits per heavy atom. The molecule has 0 spiro atoms. The molecule has 0 aliphatic heterocycles. The lowest BCUT2D eigenvalue weighted by molar-refractivity contribution is -0.140. The van der Waals surface area contributed by atoms with Crippen molar-refractivity contribution in [1.29, 1.82) is 0 Å². The number of sulfonamides is 1. The third-order valence-corrected chi connectivity index (χ3v) is 4.36. The van der Waals surface area contributed by atoms with E-state index in [0.29, 0.717) is 17.7 Å². The van der Waals surface area contributed by atoms with E-state index in [4.69, 9.17) is 0 Å². The van der Waals surface area contributed by atoms with Crippen LogP contribution in [0.4, 0.5) is 27.6 Å². The SMILES string of the molecule is Cc1ccc(F)cc1NS(=O)(=O)c1ccc(F)c(C(F)(F)F)c1. The normalized spacial score (nSPS) is 12.3. The molecule has 0 amide bonds. The average Bonchev–Trinajstić information content (AvgIpc) is 2.41. The maximum Gasteiger partial charge on any atom is 0.419 e. The third kappa shape index (κ3) is 3.79. The number of aryl methyl sites for hydroxylation is 1. The number of alkyl halides is 3. The van der Waals surface area contributed by atoms with Crippen LogP contribution < -0.4 is 4.72 Å². The van der Waals surface area contributed by atoms with Crippen LogP contribution in [0.1, 0.15) is 11.1 Å². The number of halogens is 5. The molecule has 0 radical (unpaired) electrons. The molecule has 0 atom stereocenters. The first-order valence-electron chi connectivity index (χ1n) is 6.16. The predicted octanol–water partition coefficient (Wildman–Crippen LogP) is 4.09. The average molecular weight is 351 g/mol. The van der Waals surface area contributed by atoms with E-state index in [9.17, 15) is 30.4 Å². The minimum Gasteiger partial charge on any atom is -0.279 e. The molecule has 9 heteroatoms. The highest BCUT2D eigenvalue weighted by Crippen LogP contribution is 2.33. The number of benzene rings is 2. The van der Waals surface area contributed by atoms with Crippen molar-refractivity contribution in [3.63, 3.8) is 0 Å². The Kier molecular flexibility index (Phi) is 4.34. The van der Waals surface area contributed by atoms with E-state index in [2.05, 4.69) is 0 Å². The van der Waals surface area contributed by atoms with Crippen LogP contribution in [0.15, 0.2) is 41.3 Å². The Morgan fingerprint density at radius 2 is 1.65 bits per heavy atom.